The maximum Gasteiger partial charge on any atom is 0.338 e. The number of phenols is 1. The van der Waals surface area contributed by atoms with E-state index in [-0.39, 0.29) is 45.6 Å². The number of carbonyl (C=O) groups excluding carboxylic acids is 4. The number of amides is 3. The lowest BCUT2D eigenvalue weighted by molar-refractivity contribution is -0.120. The Balaban J connectivity index is 1.49. The Kier molecular flexibility index (Phi) is 7.47. The van der Waals surface area contributed by atoms with Gasteiger partial charge in [-0.2, -0.15) is 0 Å². The number of aromatic hydroxyl groups is 1. The molecule has 0 bridgehead atoms. The summed E-state index contributed by atoms with van der Waals surface area (Å²) in [5.74, 6) is -2.70. The third-order valence-corrected chi connectivity index (χ3v) is 5.85. The summed E-state index contributed by atoms with van der Waals surface area (Å²) in [7, 11) is 0. The highest BCUT2D eigenvalue weighted by Crippen LogP contribution is 2.31. The van der Waals surface area contributed by atoms with Gasteiger partial charge < -0.3 is 20.5 Å². The lowest BCUT2D eigenvalue weighted by Gasteiger charge is -2.16. The summed E-state index contributed by atoms with van der Waals surface area (Å²) in [4.78, 5) is 51.3. The number of imide groups is 1. The number of halogens is 2. The van der Waals surface area contributed by atoms with Crippen LogP contribution in [0.5, 0.6) is 5.75 Å². The minimum absolute atomic E-state index is 0.139. The number of phenolic OH excluding ortho intramolecular Hbond substituents is 1. The van der Waals surface area contributed by atoms with Crippen LogP contribution in [0.3, 0.4) is 0 Å². The molecule has 3 aromatic carbocycles. The van der Waals surface area contributed by atoms with Gasteiger partial charge >= 0.3 is 5.97 Å². The molecule has 1 heterocycles. The summed E-state index contributed by atoms with van der Waals surface area (Å²) in [5.41, 5.74) is 0.979. The van der Waals surface area contributed by atoms with Crippen LogP contribution < -0.4 is 15.5 Å². The SMILES string of the molecule is CCOC(=O)c1cccc(N2C(=O)C(Cl)=C(Nc3ccc(C(=O)Nc4cc(Cl)ccc4O)cc3)C2=O)c1. The molecule has 11 heteroatoms. The van der Waals surface area contributed by atoms with Crippen molar-refractivity contribution in [3.63, 3.8) is 0 Å². The number of hydrogen-bond donors (Lipinski definition) is 3. The number of esters is 1. The Morgan fingerprint density at radius 3 is 2.38 bits per heavy atom. The first-order valence-corrected chi connectivity index (χ1v) is 11.7. The average molecular weight is 540 g/mol. The van der Waals surface area contributed by atoms with Gasteiger partial charge in [-0.1, -0.05) is 29.3 Å². The van der Waals surface area contributed by atoms with Crippen molar-refractivity contribution >= 4 is 64.0 Å². The second kappa shape index (κ2) is 10.7. The van der Waals surface area contributed by atoms with Crippen molar-refractivity contribution in [2.45, 2.75) is 6.92 Å². The highest BCUT2D eigenvalue weighted by Gasteiger charge is 2.39. The zero-order valence-electron chi connectivity index (χ0n) is 19.2. The highest BCUT2D eigenvalue weighted by molar-refractivity contribution is 6.53. The maximum atomic E-state index is 13.1. The van der Waals surface area contributed by atoms with Crippen molar-refractivity contribution in [2.75, 3.05) is 22.1 Å². The minimum atomic E-state index is -0.757. The van der Waals surface area contributed by atoms with Gasteiger partial charge in [-0.15, -0.1) is 0 Å². The standard InChI is InChI=1S/C26H19Cl2N3O6/c1-2-37-26(36)15-4-3-5-18(12-15)31-24(34)21(28)22(25(31)35)29-17-9-6-14(7-10-17)23(33)30-19-13-16(27)8-11-20(19)32/h3-13,29,32H,2H2,1H3,(H,30,33). The highest BCUT2D eigenvalue weighted by atomic mass is 35.5. The van der Waals surface area contributed by atoms with Crippen molar-refractivity contribution in [3.05, 3.63) is 93.6 Å². The summed E-state index contributed by atoms with van der Waals surface area (Å²) in [6, 6.07) is 16.2. The molecule has 1 aliphatic rings. The topological polar surface area (TPSA) is 125 Å². The third-order valence-electron chi connectivity index (χ3n) is 5.27. The molecular formula is C26H19Cl2N3O6. The first kappa shape index (κ1) is 25.7. The van der Waals surface area contributed by atoms with Gasteiger partial charge in [-0.05, 0) is 67.6 Å². The minimum Gasteiger partial charge on any atom is -0.506 e. The van der Waals surface area contributed by atoms with Gasteiger partial charge in [0, 0.05) is 16.3 Å². The molecule has 1 aliphatic heterocycles. The van der Waals surface area contributed by atoms with Gasteiger partial charge in [0.05, 0.1) is 23.5 Å². The van der Waals surface area contributed by atoms with E-state index in [1.807, 2.05) is 0 Å². The Hall–Kier alpha value is -4.34. The molecule has 0 saturated heterocycles. The zero-order valence-corrected chi connectivity index (χ0v) is 20.8. The number of hydrogen-bond acceptors (Lipinski definition) is 7. The van der Waals surface area contributed by atoms with Crippen LogP contribution in [0.1, 0.15) is 27.6 Å². The molecule has 3 N–H and O–H groups in total. The number of rotatable bonds is 7. The van der Waals surface area contributed by atoms with Crippen LogP contribution in [-0.2, 0) is 14.3 Å². The van der Waals surface area contributed by atoms with E-state index in [1.54, 1.807) is 6.92 Å². The Labute approximate surface area is 221 Å². The fraction of sp³-hybridized carbons (Fsp3) is 0.0769. The number of anilines is 3. The number of ether oxygens (including phenoxy) is 1. The second-order valence-electron chi connectivity index (χ2n) is 7.72. The summed E-state index contributed by atoms with van der Waals surface area (Å²) in [6.45, 7) is 1.84. The predicted octanol–water partition coefficient (Wildman–Crippen LogP) is 4.91. The van der Waals surface area contributed by atoms with Crippen LogP contribution in [0.4, 0.5) is 17.1 Å². The largest absolute Gasteiger partial charge is 0.506 e. The molecule has 0 saturated carbocycles. The van der Waals surface area contributed by atoms with E-state index in [4.69, 9.17) is 27.9 Å². The lowest BCUT2D eigenvalue weighted by atomic mass is 10.1. The molecule has 0 aromatic heterocycles. The molecule has 3 aromatic rings. The van der Waals surface area contributed by atoms with Crippen molar-refractivity contribution in [3.8, 4) is 5.75 Å². The Bertz CT molecular complexity index is 1450. The van der Waals surface area contributed by atoms with Gasteiger partial charge in [-0.25, -0.2) is 9.69 Å². The van der Waals surface area contributed by atoms with Gasteiger partial charge in [0.25, 0.3) is 17.7 Å². The monoisotopic (exact) mass is 539 g/mol. The molecule has 0 radical (unpaired) electrons. The second-order valence-corrected chi connectivity index (χ2v) is 8.54. The van der Waals surface area contributed by atoms with E-state index in [2.05, 4.69) is 10.6 Å². The van der Waals surface area contributed by atoms with Crippen LogP contribution in [0.15, 0.2) is 77.5 Å². The fourth-order valence-electron chi connectivity index (χ4n) is 3.48. The van der Waals surface area contributed by atoms with Crippen LogP contribution in [0.2, 0.25) is 5.02 Å². The molecular weight excluding hydrogens is 521 g/mol. The van der Waals surface area contributed by atoms with Crippen molar-refractivity contribution in [1.82, 2.24) is 0 Å². The van der Waals surface area contributed by atoms with Gasteiger partial charge in [-0.3, -0.25) is 14.4 Å². The molecule has 0 aliphatic carbocycles. The molecule has 188 valence electrons. The molecule has 0 unspecified atom stereocenters. The van der Waals surface area contributed by atoms with Crippen LogP contribution in [-0.4, -0.2) is 35.4 Å². The molecule has 4 rings (SSSR count). The summed E-state index contributed by atoms with van der Waals surface area (Å²) in [5, 5.41) is 15.3. The quantitative estimate of drug-likeness (QED) is 0.221. The van der Waals surface area contributed by atoms with Crippen molar-refractivity contribution in [1.29, 1.82) is 0 Å². The molecule has 0 atom stereocenters. The van der Waals surface area contributed by atoms with E-state index in [0.717, 1.165) is 4.90 Å². The van der Waals surface area contributed by atoms with E-state index >= 15 is 0 Å². The maximum absolute atomic E-state index is 13.1. The zero-order chi connectivity index (χ0) is 26.7. The van der Waals surface area contributed by atoms with E-state index in [0.29, 0.717) is 10.7 Å². The van der Waals surface area contributed by atoms with E-state index in [1.165, 1.54) is 66.7 Å². The van der Waals surface area contributed by atoms with Crippen molar-refractivity contribution < 1.29 is 29.0 Å². The molecule has 9 nitrogen and oxygen atoms in total. The van der Waals surface area contributed by atoms with E-state index < -0.39 is 23.7 Å². The predicted molar refractivity (Wildman–Crippen MR) is 139 cm³/mol. The Morgan fingerprint density at radius 2 is 1.68 bits per heavy atom. The molecule has 37 heavy (non-hydrogen) atoms. The van der Waals surface area contributed by atoms with Crippen LogP contribution in [0, 0.1) is 0 Å². The number of carbonyl (C=O) groups is 4. The molecule has 3 amide bonds. The first-order chi connectivity index (χ1) is 17.7. The summed E-state index contributed by atoms with van der Waals surface area (Å²) < 4.78 is 4.97. The normalized spacial score (nSPS) is 13.1. The summed E-state index contributed by atoms with van der Waals surface area (Å²) >= 11 is 12.1. The number of nitrogens with one attached hydrogen (secondary N) is 2. The summed E-state index contributed by atoms with van der Waals surface area (Å²) in [6.07, 6.45) is 0. The fourth-order valence-corrected chi connectivity index (χ4v) is 3.87. The lowest BCUT2D eigenvalue weighted by Crippen LogP contribution is -2.32. The third kappa shape index (κ3) is 5.42. The van der Waals surface area contributed by atoms with Crippen LogP contribution >= 0.6 is 23.2 Å². The molecule has 0 fully saturated rings. The molecule has 0 spiro atoms. The van der Waals surface area contributed by atoms with Gasteiger partial charge in [0.1, 0.15) is 16.5 Å². The smallest absolute Gasteiger partial charge is 0.338 e. The first-order valence-electron chi connectivity index (χ1n) is 10.9. The van der Waals surface area contributed by atoms with Crippen LogP contribution in [0.25, 0.3) is 0 Å². The van der Waals surface area contributed by atoms with Crippen molar-refractivity contribution in [2.24, 2.45) is 0 Å². The number of benzene rings is 3. The van der Waals surface area contributed by atoms with Gasteiger partial charge in [0.15, 0.2) is 0 Å². The number of nitrogens with zero attached hydrogens (tertiary/aromatic N) is 1. The van der Waals surface area contributed by atoms with Gasteiger partial charge in [0.2, 0.25) is 0 Å². The Morgan fingerprint density at radius 1 is 0.946 bits per heavy atom. The van der Waals surface area contributed by atoms with E-state index in [9.17, 15) is 24.3 Å². The average Bonchev–Trinajstić information content (AvgIpc) is 3.09.